The van der Waals surface area contributed by atoms with E-state index < -0.39 is 0 Å². The van der Waals surface area contributed by atoms with Crippen molar-refractivity contribution in [3.05, 3.63) is 18.2 Å². The van der Waals surface area contributed by atoms with E-state index >= 15 is 0 Å². The summed E-state index contributed by atoms with van der Waals surface area (Å²) in [7, 11) is -0.0386. The number of benzene rings is 1. The molecule has 1 atom stereocenters. The Hall–Kier alpha value is -0.960. The Morgan fingerprint density at radius 2 is 2.18 bits per heavy atom. The second-order valence-corrected chi connectivity index (χ2v) is 4.10. The van der Waals surface area contributed by atoms with Crippen molar-refractivity contribution in [3.63, 3.8) is 0 Å². The lowest BCUT2D eigenvalue weighted by atomic mass is 10.3. The molecule has 2 nitrogen and oxygen atoms in total. The van der Waals surface area contributed by atoms with E-state index in [2.05, 4.69) is 5.87 Å². The minimum Gasteiger partial charge on any atom is -0.506 e. The molecule has 3 N–H and O–H groups in total. The van der Waals surface area contributed by atoms with E-state index in [1.54, 1.807) is 12.1 Å². The molecule has 0 aliphatic carbocycles. The maximum Gasteiger partial charge on any atom is 0.138 e. The van der Waals surface area contributed by atoms with Crippen molar-refractivity contribution in [3.8, 4) is 5.75 Å². The minimum absolute atomic E-state index is 0.0386. The Balaban J connectivity index is 3.15. The zero-order valence-electron chi connectivity index (χ0n) is 6.37. The van der Waals surface area contributed by atoms with Crippen LogP contribution in [0.1, 0.15) is 0 Å². The first-order valence-electron chi connectivity index (χ1n) is 3.15. The molecule has 0 aliphatic heterocycles. The third-order valence-electron chi connectivity index (χ3n) is 1.40. The quantitative estimate of drug-likeness (QED) is 0.381. The Bertz CT molecular complexity index is 296. The van der Waals surface area contributed by atoms with Gasteiger partial charge in [0.25, 0.3) is 0 Å². The van der Waals surface area contributed by atoms with Crippen molar-refractivity contribution in [2.75, 3.05) is 12.0 Å². The van der Waals surface area contributed by atoms with Crippen LogP contribution in [0.15, 0.2) is 23.1 Å². The largest absolute Gasteiger partial charge is 0.506 e. The van der Waals surface area contributed by atoms with Crippen molar-refractivity contribution in [1.29, 1.82) is 0 Å². The summed E-state index contributed by atoms with van der Waals surface area (Å²) in [5, 5.41) is 9.08. The molecule has 1 aromatic rings. The minimum atomic E-state index is -0.0386. The zero-order chi connectivity index (χ0) is 8.43. The number of phenolic OH excluding ortho intramolecular Hbond substituents is 1. The fourth-order valence-corrected chi connectivity index (χ4v) is 1.38. The van der Waals surface area contributed by atoms with E-state index in [9.17, 15) is 0 Å². The first kappa shape index (κ1) is 8.14. The Morgan fingerprint density at radius 3 is 2.64 bits per heavy atom. The molecule has 0 fully saturated rings. The predicted octanol–water partition coefficient (Wildman–Crippen LogP) is 1.66. The number of hydrogen-bond donors (Lipinski definition) is 2. The summed E-state index contributed by atoms with van der Waals surface area (Å²) in [5.74, 6) is 4.01. The van der Waals surface area contributed by atoms with Gasteiger partial charge in [0.05, 0.1) is 5.69 Å². The van der Waals surface area contributed by atoms with E-state index in [-0.39, 0.29) is 16.2 Å². The van der Waals surface area contributed by atoms with Crippen LogP contribution in [0.2, 0.25) is 0 Å². The monoisotopic (exact) mass is 169 g/mol. The fraction of sp³-hybridized carbons (Fsp3) is 0.125. The van der Waals surface area contributed by atoms with Gasteiger partial charge in [-0.2, -0.15) is 10.5 Å². The molecule has 1 rings (SSSR count). The van der Waals surface area contributed by atoms with Gasteiger partial charge < -0.3 is 10.8 Å². The van der Waals surface area contributed by atoms with Gasteiger partial charge in [0.2, 0.25) is 0 Å². The van der Waals surface area contributed by atoms with Crippen LogP contribution in [-0.2, 0) is 0 Å². The van der Waals surface area contributed by atoms with Crippen LogP contribution in [0.5, 0.6) is 5.75 Å². The third kappa shape index (κ3) is 1.74. The standard InChI is InChI=1S/C8H11NOS/c1-11(2)6-3-4-8(10)7(9)5-6/h3-5,10H,1,9H2,2H3. The maximum atomic E-state index is 9.08. The van der Waals surface area contributed by atoms with Crippen LogP contribution in [0.4, 0.5) is 5.69 Å². The van der Waals surface area contributed by atoms with Gasteiger partial charge in [-0.25, -0.2) is 0 Å². The third-order valence-corrected chi connectivity index (χ3v) is 2.46. The first-order valence-corrected chi connectivity index (χ1v) is 4.95. The summed E-state index contributed by atoms with van der Waals surface area (Å²) in [6, 6.07) is 5.19. The molecule has 0 saturated carbocycles. The molecule has 0 bridgehead atoms. The molecule has 0 amide bonds. The van der Waals surface area contributed by atoms with Crippen LogP contribution < -0.4 is 5.73 Å². The summed E-state index contributed by atoms with van der Waals surface area (Å²) >= 11 is 0. The topological polar surface area (TPSA) is 46.2 Å². The molecule has 3 heteroatoms. The zero-order valence-corrected chi connectivity index (χ0v) is 7.19. The highest BCUT2D eigenvalue weighted by molar-refractivity contribution is 8.13. The summed E-state index contributed by atoms with van der Waals surface area (Å²) in [6.07, 6.45) is 2.01. The molecular formula is C8H11NOS. The van der Waals surface area contributed by atoms with E-state index in [0.717, 1.165) is 4.90 Å². The van der Waals surface area contributed by atoms with Crippen LogP contribution >= 0.6 is 10.5 Å². The number of hydrogen-bond acceptors (Lipinski definition) is 2. The summed E-state index contributed by atoms with van der Waals surface area (Å²) < 4.78 is 0. The highest BCUT2D eigenvalue weighted by Gasteiger charge is 1.97. The van der Waals surface area contributed by atoms with Crippen LogP contribution in [0.25, 0.3) is 0 Å². The van der Waals surface area contributed by atoms with Gasteiger partial charge in [-0.3, -0.25) is 0 Å². The number of nitrogen functional groups attached to an aromatic ring is 1. The van der Waals surface area contributed by atoms with Gasteiger partial charge in [0, 0.05) is 4.90 Å². The Kier molecular flexibility index (Phi) is 2.19. The fourth-order valence-electron chi connectivity index (χ4n) is 0.749. The summed E-state index contributed by atoms with van der Waals surface area (Å²) in [4.78, 5) is 1.07. The van der Waals surface area contributed by atoms with Gasteiger partial charge in [-0.05, 0) is 24.5 Å². The predicted molar refractivity (Wildman–Crippen MR) is 51.4 cm³/mol. The van der Waals surface area contributed by atoms with Gasteiger partial charge >= 0.3 is 0 Å². The van der Waals surface area contributed by atoms with Crippen molar-refractivity contribution >= 4 is 22.0 Å². The van der Waals surface area contributed by atoms with Gasteiger partial charge in [0.15, 0.2) is 0 Å². The molecule has 0 aromatic heterocycles. The van der Waals surface area contributed by atoms with E-state index in [0.29, 0.717) is 5.69 Å². The molecular weight excluding hydrogens is 158 g/mol. The summed E-state index contributed by atoms with van der Waals surface area (Å²) in [5.41, 5.74) is 5.91. The summed E-state index contributed by atoms with van der Waals surface area (Å²) in [6.45, 7) is 0. The lowest BCUT2D eigenvalue weighted by molar-refractivity contribution is 0.477. The highest BCUT2D eigenvalue weighted by Crippen LogP contribution is 2.27. The van der Waals surface area contributed by atoms with Crippen molar-refractivity contribution in [2.24, 2.45) is 0 Å². The number of phenols is 1. The lowest BCUT2D eigenvalue weighted by Gasteiger charge is -2.03. The second kappa shape index (κ2) is 2.96. The average Bonchev–Trinajstić information content (AvgIpc) is 1.94. The molecule has 1 unspecified atom stereocenters. The molecule has 0 radical (unpaired) electrons. The Labute approximate surface area is 68.6 Å². The SMILES string of the molecule is C=S(C)c1ccc(O)c(N)c1. The number of aromatic hydroxyl groups is 1. The molecule has 1 aromatic carbocycles. The van der Waals surface area contributed by atoms with Crippen molar-refractivity contribution < 1.29 is 5.11 Å². The molecule has 0 saturated heterocycles. The van der Waals surface area contributed by atoms with Crippen molar-refractivity contribution in [2.45, 2.75) is 4.90 Å². The first-order chi connectivity index (χ1) is 5.11. The van der Waals surface area contributed by atoms with E-state index in [4.69, 9.17) is 10.8 Å². The van der Waals surface area contributed by atoms with Crippen molar-refractivity contribution in [1.82, 2.24) is 0 Å². The van der Waals surface area contributed by atoms with Crippen LogP contribution in [0, 0.1) is 0 Å². The van der Waals surface area contributed by atoms with Gasteiger partial charge in [-0.15, -0.1) is 0 Å². The number of nitrogens with two attached hydrogens (primary N) is 1. The average molecular weight is 169 g/mol. The van der Waals surface area contributed by atoms with Gasteiger partial charge in [-0.1, -0.05) is 5.87 Å². The van der Waals surface area contributed by atoms with Crippen LogP contribution in [0.3, 0.4) is 0 Å². The molecule has 60 valence electrons. The number of anilines is 1. The molecule has 11 heavy (non-hydrogen) atoms. The molecule has 0 aliphatic rings. The smallest absolute Gasteiger partial charge is 0.138 e. The highest BCUT2D eigenvalue weighted by atomic mass is 32.2. The number of rotatable bonds is 1. The molecule has 0 heterocycles. The Morgan fingerprint density at radius 1 is 1.55 bits per heavy atom. The lowest BCUT2D eigenvalue weighted by Crippen LogP contribution is -1.85. The van der Waals surface area contributed by atoms with E-state index in [1.165, 1.54) is 0 Å². The van der Waals surface area contributed by atoms with E-state index in [1.807, 2.05) is 12.3 Å². The normalized spacial score (nSPS) is 12.8. The van der Waals surface area contributed by atoms with Crippen LogP contribution in [-0.4, -0.2) is 17.2 Å². The molecule has 0 spiro atoms. The maximum absolute atomic E-state index is 9.08. The second-order valence-electron chi connectivity index (χ2n) is 2.36. The van der Waals surface area contributed by atoms with Gasteiger partial charge in [0.1, 0.15) is 5.75 Å².